The van der Waals surface area contributed by atoms with Crippen LogP contribution < -0.4 is 0 Å². The van der Waals surface area contributed by atoms with Crippen LogP contribution in [0.3, 0.4) is 0 Å². The van der Waals surface area contributed by atoms with Gasteiger partial charge in [0.05, 0.1) is 12.2 Å². The van der Waals surface area contributed by atoms with Crippen molar-refractivity contribution >= 4 is 5.97 Å². The molecule has 0 fully saturated rings. The van der Waals surface area contributed by atoms with Gasteiger partial charge in [-0.15, -0.1) is 0 Å². The zero-order chi connectivity index (χ0) is 13.4. The van der Waals surface area contributed by atoms with Crippen LogP contribution in [0.1, 0.15) is 38.7 Å². The summed E-state index contributed by atoms with van der Waals surface area (Å²) in [7, 11) is 0. The predicted octanol–water partition coefficient (Wildman–Crippen LogP) is 2.71. The fraction of sp³-hybridized carbons (Fsp3) is 0.533. The SMILES string of the molecule is CCOC(=O)CCC(C)(O)CCc1ccccc1. The molecule has 3 nitrogen and oxygen atoms in total. The molecule has 1 rings (SSSR count). The molecule has 0 saturated heterocycles. The number of hydrogen-bond acceptors (Lipinski definition) is 3. The Morgan fingerprint density at radius 1 is 1.28 bits per heavy atom. The molecule has 100 valence electrons. The molecule has 1 atom stereocenters. The van der Waals surface area contributed by atoms with Crippen LogP contribution in [0.5, 0.6) is 0 Å². The van der Waals surface area contributed by atoms with Crippen molar-refractivity contribution in [1.29, 1.82) is 0 Å². The van der Waals surface area contributed by atoms with Crippen LogP contribution in [0.2, 0.25) is 0 Å². The van der Waals surface area contributed by atoms with Gasteiger partial charge < -0.3 is 9.84 Å². The van der Waals surface area contributed by atoms with Gasteiger partial charge in [0.2, 0.25) is 0 Å². The lowest BCUT2D eigenvalue weighted by Gasteiger charge is -2.22. The summed E-state index contributed by atoms with van der Waals surface area (Å²) in [5, 5.41) is 10.2. The van der Waals surface area contributed by atoms with Crippen molar-refractivity contribution in [2.24, 2.45) is 0 Å². The van der Waals surface area contributed by atoms with E-state index in [2.05, 4.69) is 0 Å². The van der Waals surface area contributed by atoms with Gasteiger partial charge in [-0.2, -0.15) is 0 Å². The van der Waals surface area contributed by atoms with E-state index in [1.165, 1.54) is 5.56 Å². The van der Waals surface area contributed by atoms with Crippen molar-refractivity contribution in [3.63, 3.8) is 0 Å². The lowest BCUT2D eigenvalue weighted by Crippen LogP contribution is -2.26. The zero-order valence-electron chi connectivity index (χ0n) is 11.2. The molecule has 0 aliphatic heterocycles. The third-order valence-corrected chi connectivity index (χ3v) is 2.97. The average molecular weight is 250 g/mol. The number of esters is 1. The molecule has 0 radical (unpaired) electrons. The predicted molar refractivity (Wildman–Crippen MR) is 71.3 cm³/mol. The molecule has 0 aliphatic rings. The van der Waals surface area contributed by atoms with Crippen molar-refractivity contribution in [2.45, 2.75) is 45.1 Å². The average Bonchev–Trinajstić information content (AvgIpc) is 2.36. The first kappa shape index (κ1) is 14.7. The summed E-state index contributed by atoms with van der Waals surface area (Å²) in [6.07, 6.45) is 2.18. The number of hydrogen-bond donors (Lipinski definition) is 1. The Balaban J connectivity index is 2.33. The van der Waals surface area contributed by atoms with Crippen LogP contribution in [0.15, 0.2) is 30.3 Å². The van der Waals surface area contributed by atoms with Gasteiger partial charge in [0.15, 0.2) is 0 Å². The molecule has 0 aliphatic carbocycles. The first-order chi connectivity index (χ1) is 8.53. The van der Waals surface area contributed by atoms with Crippen LogP contribution in [0, 0.1) is 0 Å². The number of carbonyl (C=O) groups excluding carboxylic acids is 1. The van der Waals surface area contributed by atoms with Crippen LogP contribution >= 0.6 is 0 Å². The Labute approximate surface area is 109 Å². The Morgan fingerprint density at radius 3 is 2.56 bits per heavy atom. The molecule has 0 aromatic heterocycles. The lowest BCUT2D eigenvalue weighted by atomic mass is 9.92. The highest BCUT2D eigenvalue weighted by atomic mass is 16.5. The Kier molecular flexibility index (Phi) is 5.86. The second-order valence-corrected chi connectivity index (χ2v) is 4.79. The molecule has 0 spiro atoms. The Morgan fingerprint density at radius 2 is 1.94 bits per heavy atom. The molecule has 3 heteroatoms. The molecule has 1 N–H and O–H groups in total. The second kappa shape index (κ2) is 7.17. The number of ether oxygens (including phenoxy) is 1. The van der Waals surface area contributed by atoms with Gasteiger partial charge in [-0.3, -0.25) is 4.79 Å². The number of aliphatic hydroxyl groups is 1. The summed E-state index contributed by atoms with van der Waals surface area (Å²) < 4.78 is 4.85. The lowest BCUT2D eigenvalue weighted by molar-refractivity contribution is -0.144. The largest absolute Gasteiger partial charge is 0.466 e. The molecule has 1 aromatic carbocycles. The topological polar surface area (TPSA) is 46.5 Å². The van der Waals surface area contributed by atoms with Crippen LogP contribution in [0.4, 0.5) is 0 Å². The number of carbonyl (C=O) groups is 1. The van der Waals surface area contributed by atoms with Gasteiger partial charge in [-0.05, 0) is 38.7 Å². The maximum atomic E-state index is 11.2. The van der Waals surface area contributed by atoms with Gasteiger partial charge in [-0.25, -0.2) is 0 Å². The normalized spacial score (nSPS) is 13.9. The molecule has 0 heterocycles. The summed E-state index contributed by atoms with van der Waals surface area (Å²) in [5.74, 6) is -0.238. The fourth-order valence-electron chi connectivity index (χ4n) is 1.79. The standard InChI is InChI=1S/C15H22O3/c1-3-18-14(16)10-12-15(2,17)11-9-13-7-5-4-6-8-13/h4-8,17H,3,9-12H2,1-2H3. The number of benzene rings is 1. The minimum Gasteiger partial charge on any atom is -0.466 e. The van der Waals surface area contributed by atoms with Gasteiger partial charge in [0.25, 0.3) is 0 Å². The molecular formula is C15H22O3. The summed E-state index contributed by atoms with van der Waals surface area (Å²) >= 11 is 0. The van der Waals surface area contributed by atoms with Crippen molar-refractivity contribution < 1.29 is 14.6 Å². The summed E-state index contributed by atoms with van der Waals surface area (Å²) in [6.45, 7) is 3.95. The quantitative estimate of drug-likeness (QED) is 0.757. The van der Waals surface area contributed by atoms with E-state index in [-0.39, 0.29) is 12.4 Å². The molecule has 0 amide bonds. The van der Waals surface area contributed by atoms with E-state index in [0.29, 0.717) is 19.4 Å². The fourth-order valence-corrected chi connectivity index (χ4v) is 1.79. The molecule has 1 unspecified atom stereocenters. The number of aryl methyl sites for hydroxylation is 1. The minimum atomic E-state index is -0.817. The second-order valence-electron chi connectivity index (χ2n) is 4.79. The van der Waals surface area contributed by atoms with E-state index >= 15 is 0 Å². The first-order valence-electron chi connectivity index (χ1n) is 6.45. The van der Waals surface area contributed by atoms with Crippen molar-refractivity contribution in [2.75, 3.05) is 6.61 Å². The van der Waals surface area contributed by atoms with E-state index in [0.717, 1.165) is 6.42 Å². The molecule has 0 saturated carbocycles. The molecule has 1 aromatic rings. The number of rotatable bonds is 7. The van der Waals surface area contributed by atoms with Gasteiger partial charge >= 0.3 is 5.97 Å². The summed E-state index contributed by atoms with van der Waals surface area (Å²) in [6, 6.07) is 10.0. The molecule has 0 bridgehead atoms. The van der Waals surface area contributed by atoms with Crippen LogP contribution in [0.25, 0.3) is 0 Å². The van der Waals surface area contributed by atoms with E-state index in [4.69, 9.17) is 4.74 Å². The van der Waals surface area contributed by atoms with E-state index < -0.39 is 5.60 Å². The van der Waals surface area contributed by atoms with E-state index in [1.807, 2.05) is 30.3 Å². The molecular weight excluding hydrogens is 228 g/mol. The Hall–Kier alpha value is -1.35. The smallest absolute Gasteiger partial charge is 0.305 e. The third-order valence-electron chi connectivity index (χ3n) is 2.97. The van der Waals surface area contributed by atoms with Crippen molar-refractivity contribution in [3.8, 4) is 0 Å². The monoisotopic (exact) mass is 250 g/mol. The van der Waals surface area contributed by atoms with Crippen LogP contribution in [-0.2, 0) is 16.0 Å². The highest BCUT2D eigenvalue weighted by Gasteiger charge is 2.21. The van der Waals surface area contributed by atoms with Crippen LogP contribution in [-0.4, -0.2) is 23.3 Å². The summed E-state index contributed by atoms with van der Waals surface area (Å²) in [5.41, 5.74) is 0.386. The van der Waals surface area contributed by atoms with Gasteiger partial charge in [-0.1, -0.05) is 30.3 Å². The van der Waals surface area contributed by atoms with Gasteiger partial charge in [0.1, 0.15) is 0 Å². The van der Waals surface area contributed by atoms with E-state index in [9.17, 15) is 9.90 Å². The maximum absolute atomic E-state index is 11.2. The minimum absolute atomic E-state index is 0.238. The highest BCUT2D eigenvalue weighted by Crippen LogP contribution is 2.19. The summed E-state index contributed by atoms with van der Waals surface area (Å²) in [4.78, 5) is 11.2. The third kappa shape index (κ3) is 5.82. The zero-order valence-corrected chi connectivity index (χ0v) is 11.2. The Bertz CT molecular complexity index is 357. The van der Waals surface area contributed by atoms with Crippen molar-refractivity contribution in [1.82, 2.24) is 0 Å². The first-order valence-corrected chi connectivity index (χ1v) is 6.45. The maximum Gasteiger partial charge on any atom is 0.305 e. The van der Waals surface area contributed by atoms with Crippen molar-refractivity contribution in [3.05, 3.63) is 35.9 Å². The van der Waals surface area contributed by atoms with E-state index in [1.54, 1.807) is 13.8 Å². The molecule has 18 heavy (non-hydrogen) atoms. The highest BCUT2D eigenvalue weighted by molar-refractivity contribution is 5.69. The van der Waals surface area contributed by atoms with Gasteiger partial charge in [0, 0.05) is 6.42 Å².